The Balaban J connectivity index is 1.79. The van der Waals surface area contributed by atoms with Gasteiger partial charge in [0.15, 0.2) is 0 Å². The third-order valence-corrected chi connectivity index (χ3v) is 4.45. The van der Waals surface area contributed by atoms with Gasteiger partial charge in [-0.25, -0.2) is 9.18 Å². The molecular weight excluding hydrogens is 444 g/mol. The van der Waals surface area contributed by atoms with Gasteiger partial charge in [0.1, 0.15) is 23.0 Å². The molecule has 1 heterocycles. The summed E-state index contributed by atoms with van der Waals surface area (Å²) in [4.78, 5) is 29.0. The molecule has 172 valence electrons. The Morgan fingerprint density at radius 2 is 1.76 bits per heavy atom. The largest absolute Gasteiger partial charge is 0.457 e. The molecule has 7 nitrogen and oxygen atoms in total. The van der Waals surface area contributed by atoms with Crippen LogP contribution in [0.2, 0.25) is 0 Å². The molecule has 0 saturated carbocycles. The van der Waals surface area contributed by atoms with Crippen molar-refractivity contribution in [1.29, 1.82) is 0 Å². The highest BCUT2D eigenvalue weighted by Crippen LogP contribution is 2.31. The number of aromatic nitrogens is 1. The molecule has 0 radical (unpaired) electrons. The zero-order chi connectivity index (χ0) is 24.2. The lowest BCUT2D eigenvalue weighted by molar-refractivity contribution is -0.137. The van der Waals surface area contributed by atoms with Gasteiger partial charge < -0.3 is 15.4 Å². The zero-order valence-corrected chi connectivity index (χ0v) is 17.4. The molecule has 0 saturated heterocycles. The second kappa shape index (κ2) is 9.55. The Kier molecular flexibility index (Phi) is 6.80. The van der Waals surface area contributed by atoms with E-state index >= 15 is 0 Å². The van der Waals surface area contributed by atoms with Crippen LogP contribution < -0.4 is 20.3 Å². The summed E-state index contributed by atoms with van der Waals surface area (Å²) in [5.41, 5.74) is -1.11. The minimum atomic E-state index is -4.57. The summed E-state index contributed by atoms with van der Waals surface area (Å²) in [5.74, 6) is -0.785. The number of carbonyl (C=O) groups excluding carboxylic acids is 2. The average Bonchev–Trinajstić information content (AvgIpc) is 2.79. The summed E-state index contributed by atoms with van der Waals surface area (Å²) in [6, 6.07) is 9.70. The van der Waals surface area contributed by atoms with Crippen LogP contribution in [-0.4, -0.2) is 31.0 Å². The van der Waals surface area contributed by atoms with Crippen LogP contribution in [-0.2, 0) is 6.18 Å². The number of anilines is 2. The van der Waals surface area contributed by atoms with Crippen molar-refractivity contribution in [3.63, 3.8) is 0 Å². The van der Waals surface area contributed by atoms with Crippen LogP contribution in [0.5, 0.6) is 11.5 Å². The molecule has 11 heteroatoms. The fourth-order valence-electron chi connectivity index (χ4n) is 2.77. The molecule has 0 bridgehead atoms. The molecule has 2 aromatic carbocycles. The Labute approximate surface area is 186 Å². The number of amides is 3. The highest BCUT2D eigenvalue weighted by molar-refractivity contribution is 6.01. The zero-order valence-electron chi connectivity index (χ0n) is 17.4. The number of nitrogens with one attached hydrogen (secondary N) is 2. The number of rotatable bonds is 5. The van der Waals surface area contributed by atoms with Crippen molar-refractivity contribution in [3.8, 4) is 11.5 Å². The van der Waals surface area contributed by atoms with Crippen molar-refractivity contribution in [2.24, 2.45) is 0 Å². The van der Waals surface area contributed by atoms with Gasteiger partial charge in [-0.15, -0.1) is 0 Å². The molecule has 2 N–H and O–H groups in total. The first kappa shape index (κ1) is 23.5. The third-order valence-electron chi connectivity index (χ3n) is 4.45. The maximum absolute atomic E-state index is 14.4. The number of urea groups is 1. The number of pyridine rings is 1. The SMILES string of the molecule is CNC(=O)c1cc(Oc2ccc(F)c(N(C)C(=O)Nc3cccc(C(F)(F)F)c3)c2)ccn1. The van der Waals surface area contributed by atoms with Gasteiger partial charge >= 0.3 is 12.2 Å². The Morgan fingerprint density at radius 1 is 1.03 bits per heavy atom. The Bertz CT molecular complexity index is 1180. The Morgan fingerprint density at radius 3 is 2.45 bits per heavy atom. The molecule has 0 atom stereocenters. The molecule has 0 unspecified atom stereocenters. The van der Waals surface area contributed by atoms with Crippen LogP contribution in [0.1, 0.15) is 16.1 Å². The van der Waals surface area contributed by atoms with Crippen molar-refractivity contribution >= 4 is 23.3 Å². The van der Waals surface area contributed by atoms with E-state index in [1.165, 1.54) is 50.6 Å². The van der Waals surface area contributed by atoms with E-state index in [4.69, 9.17) is 4.74 Å². The van der Waals surface area contributed by atoms with Gasteiger partial charge in [-0.1, -0.05) is 6.07 Å². The highest BCUT2D eigenvalue weighted by atomic mass is 19.4. The van der Waals surface area contributed by atoms with Crippen molar-refractivity contribution in [2.45, 2.75) is 6.18 Å². The smallest absolute Gasteiger partial charge is 0.416 e. The predicted octanol–water partition coefficient (Wildman–Crippen LogP) is 5.06. The third kappa shape index (κ3) is 5.76. The number of hydrogen-bond acceptors (Lipinski definition) is 4. The van der Waals surface area contributed by atoms with Crippen molar-refractivity contribution in [1.82, 2.24) is 10.3 Å². The van der Waals surface area contributed by atoms with Gasteiger partial charge in [0, 0.05) is 38.1 Å². The molecule has 3 aromatic rings. The van der Waals surface area contributed by atoms with E-state index in [2.05, 4.69) is 15.6 Å². The number of ether oxygens (including phenoxy) is 1. The van der Waals surface area contributed by atoms with Gasteiger partial charge in [-0.3, -0.25) is 14.7 Å². The van der Waals surface area contributed by atoms with Crippen LogP contribution >= 0.6 is 0 Å². The van der Waals surface area contributed by atoms with E-state index in [1.54, 1.807) is 0 Å². The topological polar surface area (TPSA) is 83.6 Å². The number of halogens is 4. The molecule has 0 aliphatic carbocycles. The highest BCUT2D eigenvalue weighted by Gasteiger charge is 2.30. The van der Waals surface area contributed by atoms with Crippen LogP contribution in [0.3, 0.4) is 0 Å². The summed E-state index contributed by atoms with van der Waals surface area (Å²) < 4.78 is 58.7. The van der Waals surface area contributed by atoms with Gasteiger partial charge in [-0.2, -0.15) is 13.2 Å². The maximum atomic E-state index is 14.4. The first-order chi connectivity index (χ1) is 15.6. The van der Waals surface area contributed by atoms with E-state index < -0.39 is 29.5 Å². The molecule has 0 aliphatic heterocycles. The number of nitrogens with zero attached hydrogens (tertiary/aromatic N) is 2. The first-order valence-electron chi connectivity index (χ1n) is 9.46. The van der Waals surface area contributed by atoms with Gasteiger partial charge in [0.25, 0.3) is 5.91 Å². The number of alkyl halides is 3. The lowest BCUT2D eigenvalue weighted by Crippen LogP contribution is -2.31. The molecule has 0 aliphatic rings. The minimum absolute atomic E-state index is 0.104. The number of benzene rings is 2. The predicted molar refractivity (Wildman–Crippen MR) is 113 cm³/mol. The fourth-order valence-corrected chi connectivity index (χ4v) is 2.77. The molecule has 1 aromatic heterocycles. The van der Waals surface area contributed by atoms with E-state index in [9.17, 15) is 27.2 Å². The average molecular weight is 462 g/mol. The number of carbonyl (C=O) groups is 2. The molecular formula is C22H18F4N4O3. The molecule has 33 heavy (non-hydrogen) atoms. The lowest BCUT2D eigenvalue weighted by atomic mass is 10.2. The van der Waals surface area contributed by atoms with Crippen LogP contribution in [0.4, 0.5) is 33.7 Å². The quantitative estimate of drug-likeness (QED) is 0.520. The molecule has 3 amide bonds. The van der Waals surface area contributed by atoms with E-state index in [0.29, 0.717) is 0 Å². The Hall–Kier alpha value is -4.15. The van der Waals surface area contributed by atoms with Gasteiger partial charge in [0.05, 0.1) is 11.3 Å². The van der Waals surface area contributed by atoms with Crippen LogP contribution in [0, 0.1) is 5.82 Å². The van der Waals surface area contributed by atoms with Crippen LogP contribution in [0.25, 0.3) is 0 Å². The minimum Gasteiger partial charge on any atom is -0.457 e. The van der Waals surface area contributed by atoms with E-state index in [0.717, 1.165) is 29.2 Å². The summed E-state index contributed by atoms with van der Waals surface area (Å²) in [7, 11) is 2.70. The van der Waals surface area contributed by atoms with E-state index in [1.807, 2.05) is 0 Å². The van der Waals surface area contributed by atoms with Crippen molar-refractivity contribution < 1.29 is 31.9 Å². The second-order valence-corrected chi connectivity index (χ2v) is 6.74. The summed E-state index contributed by atoms with van der Waals surface area (Å²) in [6.07, 6.45) is -3.21. The van der Waals surface area contributed by atoms with Crippen molar-refractivity contribution in [3.05, 3.63) is 77.9 Å². The number of hydrogen-bond donors (Lipinski definition) is 2. The first-order valence-corrected chi connectivity index (χ1v) is 9.46. The molecule has 0 spiro atoms. The standard InChI is InChI=1S/C22H18F4N4O3/c1-27-20(31)18-11-16(8-9-28-18)33-15-6-7-17(23)19(12-15)30(2)21(32)29-14-5-3-4-13(10-14)22(24,25)26/h3-12H,1-2H3,(H,27,31)(H,29,32). The summed E-state index contributed by atoms with van der Waals surface area (Å²) >= 11 is 0. The van der Waals surface area contributed by atoms with E-state index in [-0.39, 0.29) is 28.6 Å². The summed E-state index contributed by atoms with van der Waals surface area (Å²) in [5, 5.41) is 4.73. The second-order valence-electron chi connectivity index (χ2n) is 6.74. The fraction of sp³-hybridized carbons (Fsp3) is 0.136. The normalized spacial score (nSPS) is 11.0. The molecule has 0 fully saturated rings. The molecule has 3 rings (SSSR count). The van der Waals surface area contributed by atoms with Crippen molar-refractivity contribution in [2.75, 3.05) is 24.3 Å². The maximum Gasteiger partial charge on any atom is 0.416 e. The van der Waals surface area contributed by atoms with Gasteiger partial charge in [0.2, 0.25) is 0 Å². The lowest BCUT2D eigenvalue weighted by Gasteiger charge is -2.20. The summed E-state index contributed by atoms with van der Waals surface area (Å²) in [6.45, 7) is 0. The van der Waals surface area contributed by atoms with Gasteiger partial charge in [-0.05, 0) is 36.4 Å². The van der Waals surface area contributed by atoms with Crippen LogP contribution in [0.15, 0.2) is 60.8 Å². The monoisotopic (exact) mass is 462 g/mol.